The van der Waals surface area contributed by atoms with Crippen LogP contribution in [0, 0.1) is 6.92 Å². The average molecular weight is 633 g/mol. The minimum Gasteiger partial charge on any atom is -0.489 e. The summed E-state index contributed by atoms with van der Waals surface area (Å²) >= 11 is 0. The Hall–Kier alpha value is -4.71. The molecule has 238 valence electrons. The van der Waals surface area contributed by atoms with Crippen molar-refractivity contribution in [1.82, 2.24) is 4.31 Å². The van der Waals surface area contributed by atoms with Crippen molar-refractivity contribution in [2.24, 2.45) is 9.98 Å². The van der Waals surface area contributed by atoms with Gasteiger partial charge in [-0.15, -0.1) is 0 Å². The standard InChI is InChI=1S/C33H40N6O5S/c1-8-30(40)34-23-15-18-28(44-21(4)5)27(20-23)37-33(41)31(35-25-17-16-24(19-22(25)6)39(9-2)10-3)32-36-26-13-11-12-14-29(26)45(42,43)38(32)7/h11-21H,8-10H2,1-7H3,(H,34,40)(H,37,41)/b35-31-. The Morgan fingerprint density at radius 1 is 1.00 bits per heavy atom. The lowest BCUT2D eigenvalue weighted by Gasteiger charge is -2.27. The van der Waals surface area contributed by atoms with Gasteiger partial charge in [0, 0.05) is 37.9 Å². The second kappa shape index (κ2) is 13.9. The molecule has 1 aliphatic rings. The number of benzene rings is 3. The van der Waals surface area contributed by atoms with Crippen LogP contribution in [0.15, 0.2) is 75.5 Å². The molecule has 0 unspecified atom stereocenters. The van der Waals surface area contributed by atoms with Gasteiger partial charge in [-0.2, -0.15) is 0 Å². The number of sulfonamides is 1. The Kier molecular flexibility index (Phi) is 10.3. The van der Waals surface area contributed by atoms with Gasteiger partial charge in [-0.1, -0.05) is 19.1 Å². The topological polar surface area (TPSA) is 133 Å². The summed E-state index contributed by atoms with van der Waals surface area (Å²) in [5.74, 6) is -0.684. The molecule has 3 aromatic carbocycles. The third kappa shape index (κ3) is 7.34. The largest absolute Gasteiger partial charge is 0.489 e. The fourth-order valence-electron chi connectivity index (χ4n) is 4.78. The maximum absolute atomic E-state index is 14.2. The number of fused-ring (bicyclic) bond motifs is 1. The van der Waals surface area contributed by atoms with E-state index in [2.05, 4.69) is 34.4 Å². The lowest BCUT2D eigenvalue weighted by atomic mass is 10.1. The second-order valence-corrected chi connectivity index (χ2v) is 12.7. The smallest absolute Gasteiger partial charge is 0.278 e. The predicted octanol–water partition coefficient (Wildman–Crippen LogP) is 6.05. The lowest BCUT2D eigenvalue weighted by Crippen LogP contribution is -2.44. The number of rotatable bonds is 11. The Balaban J connectivity index is 1.87. The van der Waals surface area contributed by atoms with Crippen LogP contribution in [0.25, 0.3) is 0 Å². The molecule has 0 bridgehead atoms. The predicted molar refractivity (Wildman–Crippen MR) is 180 cm³/mol. The van der Waals surface area contributed by atoms with Crippen molar-refractivity contribution in [3.63, 3.8) is 0 Å². The molecule has 0 saturated carbocycles. The number of hydrogen-bond acceptors (Lipinski definition) is 8. The summed E-state index contributed by atoms with van der Waals surface area (Å²) in [5, 5.41) is 5.63. The average Bonchev–Trinajstić information content (AvgIpc) is 3.00. The number of aryl methyl sites for hydroxylation is 1. The van der Waals surface area contributed by atoms with Crippen LogP contribution in [0.5, 0.6) is 5.75 Å². The third-order valence-corrected chi connectivity index (χ3v) is 8.99. The van der Waals surface area contributed by atoms with E-state index in [0.29, 0.717) is 17.1 Å². The van der Waals surface area contributed by atoms with Crippen molar-refractivity contribution < 1.29 is 22.7 Å². The van der Waals surface area contributed by atoms with Gasteiger partial charge in [0.2, 0.25) is 5.91 Å². The lowest BCUT2D eigenvalue weighted by molar-refractivity contribution is -0.116. The van der Waals surface area contributed by atoms with Crippen molar-refractivity contribution >= 4 is 61.8 Å². The zero-order valence-corrected chi connectivity index (χ0v) is 27.5. The van der Waals surface area contributed by atoms with Crippen LogP contribution in [0.3, 0.4) is 0 Å². The molecular formula is C33H40N6O5S. The number of anilines is 3. The van der Waals surface area contributed by atoms with E-state index in [4.69, 9.17) is 9.73 Å². The number of ether oxygens (including phenoxy) is 1. The first-order chi connectivity index (χ1) is 21.4. The van der Waals surface area contributed by atoms with Gasteiger partial charge in [0.1, 0.15) is 10.6 Å². The van der Waals surface area contributed by atoms with Crippen molar-refractivity contribution in [3.05, 3.63) is 66.2 Å². The molecule has 1 aliphatic heterocycles. The Morgan fingerprint density at radius 2 is 1.71 bits per heavy atom. The number of para-hydroxylation sites is 1. The van der Waals surface area contributed by atoms with Gasteiger partial charge in [0.25, 0.3) is 15.9 Å². The van der Waals surface area contributed by atoms with Crippen LogP contribution >= 0.6 is 0 Å². The van der Waals surface area contributed by atoms with Gasteiger partial charge in [0.15, 0.2) is 11.5 Å². The zero-order chi connectivity index (χ0) is 32.9. The van der Waals surface area contributed by atoms with E-state index in [1.54, 1.807) is 49.4 Å². The number of nitrogens with zero attached hydrogens (tertiary/aromatic N) is 4. The molecule has 0 radical (unpaired) electrons. The van der Waals surface area contributed by atoms with E-state index >= 15 is 0 Å². The van der Waals surface area contributed by atoms with Gasteiger partial charge in [-0.3, -0.25) is 13.9 Å². The molecule has 0 saturated heterocycles. The highest BCUT2D eigenvalue weighted by Gasteiger charge is 2.36. The molecule has 2 N–H and O–H groups in total. The normalized spacial score (nSPS) is 14.0. The van der Waals surface area contributed by atoms with Gasteiger partial charge in [-0.05, 0) is 88.7 Å². The van der Waals surface area contributed by atoms with Crippen molar-refractivity contribution in [1.29, 1.82) is 0 Å². The maximum atomic E-state index is 14.2. The van der Waals surface area contributed by atoms with Crippen LogP contribution in [-0.2, 0) is 19.6 Å². The Bertz CT molecular complexity index is 1760. The quantitative estimate of drug-likeness (QED) is 0.247. The van der Waals surface area contributed by atoms with Gasteiger partial charge >= 0.3 is 0 Å². The zero-order valence-electron chi connectivity index (χ0n) is 26.7. The summed E-state index contributed by atoms with van der Waals surface area (Å²) in [7, 11) is -2.69. The number of carbonyl (C=O) groups excluding carboxylic acids is 2. The highest BCUT2D eigenvalue weighted by molar-refractivity contribution is 7.90. The van der Waals surface area contributed by atoms with E-state index in [9.17, 15) is 18.0 Å². The van der Waals surface area contributed by atoms with Crippen LogP contribution in [-0.4, -0.2) is 62.3 Å². The number of nitrogens with one attached hydrogen (secondary N) is 2. The van der Waals surface area contributed by atoms with Crippen molar-refractivity contribution in [2.45, 2.75) is 59.0 Å². The van der Waals surface area contributed by atoms with E-state index in [0.717, 1.165) is 28.6 Å². The van der Waals surface area contributed by atoms with Gasteiger partial charge in [-0.25, -0.2) is 18.4 Å². The highest BCUT2D eigenvalue weighted by Crippen LogP contribution is 2.34. The monoisotopic (exact) mass is 632 g/mol. The first kappa shape index (κ1) is 33.2. The minimum atomic E-state index is -4.03. The highest BCUT2D eigenvalue weighted by atomic mass is 32.2. The van der Waals surface area contributed by atoms with E-state index in [1.165, 1.54) is 13.1 Å². The third-order valence-electron chi connectivity index (χ3n) is 7.19. The summed E-state index contributed by atoms with van der Waals surface area (Å²) in [5.41, 5.74) is 2.99. The van der Waals surface area contributed by atoms with Crippen molar-refractivity contribution in [2.75, 3.05) is 35.7 Å². The molecule has 11 nitrogen and oxygen atoms in total. The molecular weight excluding hydrogens is 592 g/mol. The molecule has 4 rings (SSSR count). The summed E-state index contributed by atoms with van der Waals surface area (Å²) in [6.07, 6.45) is 0.0596. The summed E-state index contributed by atoms with van der Waals surface area (Å²) in [6.45, 7) is 13.1. The number of aliphatic imine (C=N–C) groups is 2. The number of hydrogen-bond donors (Lipinski definition) is 2. The van der Waals surface area contributed by atoms with E-state index in [1.807, 2.05) is 32.9 Å². The van der Waals surface area contributed by atoms with Crippen molar-refractivity contribution in [3.8, 4) is 5.75 Å². The van der Waals surface area contributed by atoms with Gasteiger partial charge < -0.3 is 20.3 Å². The summed E-state index contributed by atoms with van der Waals surface area (Å²) in [4.78, 5) is 37.8. The Morgan fingerprint density at radius 3 is 2.36 bits per heavy atom. The van der Waals surface area contributed by atoms with Gasteiger partial charge in [0.05, 0.1) is 23.2 Å². The first-order valence-corrected chi connectivity index (χ1v) is 16.4. The van der Waals surface area contributed by atoms with Crippen LogP contribution in [0.4, 0.5) is 28.4 Å². The number of carbonyl (C=O) groups is 2. The molecule has 3 aromatic rings. The minimum absolute atomic E-state index is 0.0303. The molecule has 0 aliphatic carbocycles. The molecule has 0 aromatic heterocycles. The fraction of sp³-hybridized carbons (Fsp3) is 0.333. The van der Waals surface area contributed by atoms with Crippen LogP contribution < -0.4 is 20.3 Å². The summed E-state index contributed by atoms with van der Waals surface area (Å²) in [6, 6.07) is 17.0. The van der Waals surface area contributed by atoms with Crippen LogP contribution in [0.1, 0.15) is 46.6 Å². The SMILES string of the molecule is CCC(=O)Nc1ccc(OC(C)C)c(NC(=O)/C(=N\c2ccc(N(CC)CC)cc2C)C2=Nc3ccccc3S(=O)(=O)N2C)c1. The summed E-state index contributed by atoms with van der Waals surface area (Å²) < 4.78 is 34.0. The van der Waals surface area contributed by atoms with Crippen LogP contribution in [0.2, 0.25) is 0 Å². The molecule has 0 fully saturated rings. The van der Waals surface area contributed by atoms with E-state index < -0.39 is 15.9 Å². The molecule has 0 atom stereocenters. The second-order valence-electron chi connectivity index (χ2n) is 10.7. The maximum Gasteiger partial charge on any atom is 0.278 e. The fourth-order valence-corrected chi connectivity index (χ4v) is 6.06. The molecule has 12 heteroatoms. The first-order valence-electron chi connectivity index (χ1n) is 14.9. The molecule has 45 heavy (non-hydrogen) atoms. The number of amidine groups is 1. The molecule has 2 amide bonds. The van der Waals surface area contributed by atoms with E-state index in [-0.39, 0.29) is 46.2 Å². The Labute approximate surface area is 265 Å². The molecule has 1 heterocycles. The number of amides is 2. The molecule has 0 spiro atoms.